The molecular weight excluding hydrogens is 318 g/mol. The fourth-order valence-corrected chi connectivity index (χ4v) is 3.73. The van der Waals surface area contributed by atoms with E-state index in [0.29, 0.717) is 13.0 Å². The fraction of sp³-hybridized carbons (Fsp3) is 0.667. The highest BCUT2D eigenvalue weighted by Crippen LogP contribution is 2.25. The number of piperidine rings is 1. The lowest BCUT2D eigenvalue weighted by Gasteiger charge is -2.34. The maximum atomic E-state index is 12.9. The maximum absolute atomic E-state index is 12.9. The van der Waals surface area contributed by atoms with Crippen LogP contribution in [0.1, 0.15) is 54.5 Å². The quantitative estimate of drug-likeness (QED) is 0.851. The van der Waals surface area contributed by atoms with E-state index in [4.69, 9.17) is 4.52 Å². The van der Waals surface area contributed by atoms with Crippen molar-refractivity contribution in [3.8, 4) is 0 Å². The number of aromatic nitrogens is 4. The zero-order chi connectivity index (χ0) is 18.1. The Kier molecular flexibility index (Phi) is 4.92. The van der Waals surface area contributed by atoms with Crippen LogP contribution in [-0.2, 0) is 11.2 Å². The van der Waals surface area contributed by atoms with Gasteiger partial charge >= 0.3 is 0 Å². The van der Waals surface area contributed by atoms with Gasteiger partial charge in [-0.3, -0.25) is 4.79 Å². The van der Waals surface area contributed by atoms with Crippen molar-refractivity contribution in [3.63, 3.8) is 0 Å². The summed E-state index contributed by atoms with van der Waals surface area (Å²) in [5.41, 5.74) is 1.93. The summed E-state index contributed by atoms with van der Waals surface area (Å²) in [4.78, 5) is 19.3. The van der Waals surface area contributed by atoms with Gasteiger partial charge in [0.05, 0.1) is 11.7 Å². The molecule has 7 heteroatoms. The van der Waals surface area contributed by atoms with Crippen molar-refractivity contribution in [1.82, 2.24) is 24.8 Å². The average molecular weight is 345 g/mol. The first kappa shape index (κ1) is 17.6. The molecule has 0 bridgehead atoms. The lowest BCUT2D eigenvalue weighted by molar-refractivity contribution is -0.136. The largest absolute Gasteiger partial charge is 0.361 e. The van der Waals surface area contributed by atoms with E-state index in [2.05, 4.69) is 15.2 Å². The molecule has 0 aromatic carbocycles. The van der Waals surface area contributed by atoms with Crippen LogP contribution in [0.15, 0.2) is 4.52 Å². The topological polar surface area (TPSA) is 77.0 Å². The van der Waals surface area contributed by atoms with E-state index in [9.17, 15) is 4.79 Å². The van der Waals surface area contributed by atoms with Crippen molar-refractivity contribution in [2.24, 2.45) is 5.92 Å². The lowest BCUT2D eigenvalue weighted by Crippen LogP contribution is -2.43. The number of amides is 1. The van der Waals surface area contributed by atoms with Gasteiger partial charge < -0.3 is 9.42 Å². The fourth-order valence-electron chi connectivity index (χ4n) is 3.73. The predicted octanol–water partition coefficient (Wildman–Crippen LogP) is 2.54. The number of hydrogen-bond donors (Lipinski definition) is 0. The molecule has 7 nitrogen and oxygen atoms in total. The van der Waals surface area contributed by atoms with E-state index >= 15 is 0 Å². The van der Waals surface area contributed by atoms with Gasteiger partial charge in [0.15, 0.2) is 0 Å². The first-order valence-electron chi connectivity index (χ1n) is 8.97. The summed E-state index contributed by atoms with van der Waals surface area (Å²) >= 11 is 0. The van der Waals surface area contributed by atoms with Crippen molar-refractivity contribution < 1.29 is 9.32 Å². The second-order valence-electron chi connectivity index (χ2n) is 7.14. The van der Waals surface area contributed by atoms with E-state index < -0.39 is 0 Å². The van der Waals surface area contributed by atoms with Gasteiger partial charge in [-0.15, -0.1) is 0 Å². The molecule has 3 rings (SSSR count). The molecule has 2 aromatic heterocycles. The number of carbonyl (C=O) groups is 1. The number of likely N-dealkylation sites (tertiary alicyclic amines) is 1. The first-order valence-corrected chi connectivity index (χ1v) is 8.97. The third-order valence-electron chi connectivity index (χ3n) is 5.07. The second-order valence-corrected chi connectivity index (χ2v) is 7.14. The Labute approximate surface area is 148 Å². The molecule has 136 valence electrons. The van der Waals surface area contributed by atoms with Gasteiger partial charge in [-0.25, -0.2) is 9.67 Å². The molecule has 0 radical (unpaired) electrons. The molecule has 25 heavy (non-hydrogen) atoms. The second kappa shape index (κ2) is 6.98. The van der Waals surface area contributed by atoms with Crippen molar-refractivity contribution >= 4 is 5.91 Å². The smallest absolute Gasteiger partial charge is 0.225 e. The molecule has 0 N–H and O–H groups in total. The molecule has 0 saturated carbocycles. The van der Waals surface area contributed by atoms with Gasteiger partial charge in [0.2, 0.25) is 5.91 Å². The van der Waals surface area contributed by atoms with E-state index in [0.717, 1.165) is 48.1 Å². The Morgan fingerprint density at radius 1 is 1.32 bits per heavy atom. The zero-order valence-electron chi connectivity index (χ0n) is 15.7. The lowest BCUT2D eigenvalue weighted by atomic mass is 9.97. The first-order chi connectivity index (χ1) is 11.9. The van der Waals surface area contributed by atoms with E-state index in [1.807, 2.05) is 44.2 Å². The van der Waals surface area contributed by atoms with Gasteiger partial charge in [-0.05, 0) is 47.0 Å². The Bertz CT molecular complexity index is 744. The van der Waals surface area contributed by atoms with Gasteiger partial charge in [-0.1, -0.05) is 12.1 Å². The summed E-state index contributed by atoms with van der Waals surface area (Å²) in [7, 11) is 0. The third-order valence-corrected chi connectivity index (χ3v) is 5.07. The molecule has 3 heterocycles. The molecule has 1 fully saturated rings. The van der Waals surface area contributed by atoms with Crippen LogP contribution < -0.4 is 0 Å². The minimum atomic E-state index is -0.0888. The van der Waals surface area contributed by atoms with Crippen LogP contribution in [0, 0.1) is 33.6 Å². The van der Waals surface area contributed by atoms with Crippen molar-refractivity contribution in [2.45, 2.75) is 59.9 Å². The van der Waals surface area contributed by atoms with Crippen LogP contribution >= 0.6 is 0 Å². The SMILES string of the molecule is Cc1nc(C)n(C2CCCN(C(=O)C(C)Cc3c(C)noc3C)C2)n1. The predicted molar refractivity (Wildman–Crippen MR) is 93.2 cm³/mol. The van der Waals surface area contributed by atoms with Gasteiger partial charge in [0, 0.05) is 24.6 Å². The van der Waals surface area contributed by atoms with Crippen LogP contribution in [0.2, 0.25) is 0 Å². The molecule has 2 unspecified atom stereocenters. The summed E-state index contributed by atoms with van der Waals surface area (Å²) in [6.45, 7) is 11.2. The number of aryl methyl sites for hydroxylation is 4. The highest BCUT2D eigenvalue weighted by atomic mass is 16.5. The Hall–Kier alpha value is -2.18. The summed E-state index contributed by atoms with van der Waals surface area (Å²) in [5, 5.41) is 8.49. The van der Waals surface area contributed by atoms with Gasteiger partial charge in [0.1, 0.15) is 17.4 Å². The number of hydrogen-bond acceptors (Lipinski definition) is 5. The number of rotatable bonds is 4. The number of carbonyl (C=O) groups excluding carboxylic acids is 1. The van der Waals surface area contributed by atoms with Crippen molar-refractivity contribution in [1.29, 1.82) is 0 Å². The minimum absolute atomic E-state index is 0.0888. The highest BCUT2D eigenvalue weighted by Gasteiger charge is 2.29. The van der Waals surface area contributed by atoms with Crippen LogP contribution in [0.5, 0.6) is 0 Å². The minimum Gasteiger partial charge on any atom is -0.361 e. The standard InChI is InChI=1S/C18H27N5O2/c1-11(9-17-12(2)21-25-13(17)3)18(24)22-8-6-7-16(10-22)23-15(5)19-14(4)20-23/h11,16H,6-10H2,1-5H3. The average Bonchev–Trinajstić information content (AvgIpc) is 3.09. The molecular formula is C18H27N5O2. The van der Waals surface area contributed by atoms with E-state index in [-0.39, 0.29) is 17.9 Å². The normalized spacial score (nSPS) is 19.2. The van der Waals surface area contributed by atoms with Crippen LogP contribution in [0.25, 0.3) is 0 Å². The molecule has 2 aromatic rings. The molecule has 0 spiro atoms. The van der Waals surface area contributed by atoms with Gasteiger partial charge in [-0.2, -0.15) is 5.10 Å². The summed E-state index contributed by atoms with van der Waals surface area (Å²) < 4.78 is 7.20. The molecule has 1 aliphatic heterocycles. The Morgan fingerprint density at radius 3 is 2.68 bits per heavy atom. The number of nitrogens with zero attached hydrogens (tertiary/aromatic N) is 5. The summed E-state index contributed by atoms with van der Waals surface area (Å²) in [5.74, 6) is 2.61. The third kappa shape index (κ3) is 3.60. The molecule has 1 saturated heterocycles. The summed E-state index contributed by atoms with van der Waals surface area (Å²) in [6.07, 6.45) is 2.70. The molecule has 2 atom stereocenters. The van der Waals surface area contributed by atoms with Crippen molar-refractivity contribution in [3.05, 3.63) is 28.7 Å². The Morgan fingerprint density at radius 2 is 2.08 bits per heavy atom. The van der Waals surface area contributed by atoms with Crippen LogP contribution in [0.4, 0.5) is 0 Å². The zero-order valence-corrected chi connectivity index (χ0v) is 15.7. The molecule has 1 aliphatic rings. The van der Waals surface area contributed by atoms with E-state index in [1.54, 1.807) is 0 Å². The van der Waals surface area contributed by atoms with Crippen molar-refractivity contribution in [2.75, 3.05) is 13.1 Å². The van der Waals surface area contributed by atoms with E-state index in [1.165, 1.54) is 0 Å². The van der Waals surface area contributed by atoms with Gasteiger partial charge in [0.25, 0.3) is 0 Å². The molecule has 1 amide bonds. The monoisotopic (exact) mass is 345 g/mol. The highest BCUT2D eigenvalue weighted by molar-refractivity contribution is 5.79. The molecule has 0 aliphatic carbocycles. The maximum Gasteiger partial charge on any atom is 0.225 e. The Balaban J connectivity index is 1.68. The summed E-state index contributed by atoms with van der Waals surface area (Å²) in [6, 6.07) is 0.213. The van der Waals surface area contributed by atoms with Crippen LogP contribution in [-0.4, -0.2) is 43.8 Å². The van der Waals surface area contributed by atoms with Crippen LogP contribution in [0.3, 0.4) is 0 Å².